The predicted octanol–water partition coefficient (Wildman–Crippen LogP) is 13.7. The van der Waals surface area contributed by atoms with Gasteiger partial charge < -0.3 is 19.7 Å². The highest BCUT2D eigenvalue weighted by Crippen LogP contribution is 2.44. The normalized spacial score (nSPS) is 14.0. The van der Waals surface area contributed by atoms with Crippen LogP contribution in [0.25, 0.3) is 9.75 Å². The Morgan fingerprint density at radius 2 is 0.712 bits per heavy atom. The van der Waals surface area contributed by atoms with E-state index in [4.69, 9.17) is 9.47 Å². The molecule has 0 aliphatic rings. The fourth-order valence-electron chi connectivity index (χ4n) is 6.85. The van der Waals surface area contributed by atoms with E-state index in [0.29, 0.717) is 13.2 Å². The number of rotatable bonds is 29. The van der Waals surface area contributed by atoms with Gasteiger partial charge in [0, 0.05) is 20.9 Å². The minimum atomic E-state index is -1.52. The molecule has 0 bridgehead atoms. The Bertz CT molecular complexity index is 1360. The van der Waals surface area contributed by atoms with Gasteiger partial charge in [0.25, 0.3) is 0 Å². The molecule has 0 fully saturated rings. The number of thiophene rings is 2. The van der Waals surface area contributed by atoms with E-state index >= 15 is 0 Å². The second-order valence-electron chi connectivity index (χ2n) is 14.4. The summed E-state index contributed by atoms with van der Waals surface area (Å²) < 4.78 is 12.7. The van der Waals surface area contributed by atoms with E-state index in [1.54, 1.807) is 0 Å². The standard InChI is InChI=1S/C46H66O4S2/c1-3-5-7-9-11-13-15-17-19-27-37-49-45(47,39-29-23-21-24-30-39)43-35-33-41(51-43)42-34-36-44(52-42)46(48,40-31-25-22-26-32-40)50-38-28-20-18-16-14-12-10-8-6-4-2/h21-26,29-36,47-48H,3-20,27-28,37-38H2,1-2H3. The number of ether oxygens (including phenoxy) is 2. The van der Waals surface area contributed by atoms with Crippen LogP contribution >= 0.6 is 22.7 Å². The van der Waals surface area contributed by atoms with Crippen molar-refractivity contribution in [3.05, 3.63) is 106 Å². The Labute approximate surface area is 323 Å². The van der Waals surface area contributed by atoms with E-state index in [-0.39, 0.29) is 0 Å². The Morgan fingerprint density at radius 3 is 1.04 bits per heavy atom. The van der Waals surface area contributed by atoms with Crippen LogP contribution in [-0.2, 0) is 21.0 Å². The van der Waals surface area contributed by atoms with Gasteiger partial charge in [-0.25, -0.2) is 0 Å². The topological polar surface area (TPSA) is 58.9 Å². The second-order valence-corrected chi connectivity index (χ2v) is 16.6. The lowest BCUT2D eigenvalue weighted by Crippen LogP contribution is -2.30. The van der Waals surface area contributed by atoms with E-state index in [1.165, 1.54) is 125 Å². The van der Waals surface area contributed by atoms with Crippen molar-refractivity contribution in [2.45, 2.75) is 154 Å². The third-order valence-electron chi connectivity index (χ3n) is 10.1. The van der Waals surface area contributed by atoms with Gasteiger partial charge in [0.2, 0.25) is 11.6 Å². The molecule has 0 radical (unpaired) electrons. The molecule has 0 saturated heterocycles. The first kappa shape index (κ1) is 42.4. The van der Waals surface area contributed by atoms with E-state index in [0.717, 1.165) is 56.3 Å². The third kappa shape index (κ3) is 13.5. The minimum absolute atomic E-state index is 0.499. The van der Waals surface area contributed by atoms with Crippen LogP contribution in [0.1, 0.15) is 163 Å². The maximum Gasteiger partial charge on any atom is 0.229 e. The largest absolute Gasteiger partial charge is 0.358 e. The van der Waals surface area contributed by atoms with Gasteiger partial charge in [0.05, 0.1) is 23.0 Å². The van der Waals surface area contributed by atoms with Gasteiger partial charge in [-0.3, -0.25) is 0 Å². The summed E-state index contributed by atoms with van der Waals surface area (Å²) in [6.07, 6.45) is 25.1. The first-order valence-corrected chi connectivity index (χ1v) is 22.2. The summed E-state index contributed by atoms with van der Waals surface area (Å²) in [5, 5.41) is 24.2. The molecule has 4 aromatic rings. The summed E-state index contributed by atoms with van der Waals surface area (Å²) in [5.74, 6) is -3.04. The SMILES string of the molecule is CCCCCCCCCCCCOC(O)(c1ccccc1)c1ccc(-c2ccc(C(O)(OCCCCCCCCCCCC)c3ccccc3)s2)s1. The Hall–Kier alpha value is -2.32. The average Bonchev–Trinajstić information content (AvgIpc) is 3.88. The van der Waals surface area contributed by atoms with E-state index < -0.39 is 11.6 Å². The van der Waals surface area contributed by atoms with Crippen LogP contribution in [0.2, 0.25) is 0 Å². The molecule has 4 rings (SSSR count). The second kappa shape index (κ2) is 24.2. The van der Waals surface area contributed by atoms with Crippen molar-refractivity contribution in [1.82, 2.24) is 0 Å². The number of aliphatic hydroxyl groups is 2. The van der Waals surface area contributed by atoms with Crippen molar-refractivity contribution in [2.24, 2.45) is 0 Å². The molecule has 52 heavy (non-hydrogen) atoms. The molecule has 6 heteroatoms. The van der Waals surface area contributed by atoms with Crippen molar-refractivity contribution in [1.29, 1.82) is 0 Å². The number of hydrogen-bond acceptors (Lipinski definition) is 6. The molecule has 0 aliphatic carbocycles. The van der Waals surface area contributed by atoms with Gasteiger partial charge in [0.15, 0.2) is 0 Å². The Morgan fingerprint density at radius 1 is 0.404 bits per heavy atom. The first-order valence-electron chi connectivity index (χ1n) is 20.6. The molecule has 2 unspecified atom stereocenters. The van der Waals surface area contributed by atoms with Gasteiger partial charge >= 0.3 is 0 Å². The molecule has 4 nitrogen and oxygen atoms in total. The van der Waals surface area contributed by atoms with Crippen LogP contribution in [0.5, 0.6) is 0 Å². The highest BCUT2D eigenvalue weighted by Gasteiger charge is 2.36. The summed E-state index contributed by atoms with van der Waals surface area (Å²) in [6, 6.07) is 27.5. The van der Waals surface area contributed by atoms with E-state index in [2.05, 4.69) is 26.0 Å². The van der Waals surface area contributed by atoms with Crippen LogP contribution in [0.3, 0.4) is 0 Å². The molecule has 0 aliphatic heterocycles. The van der Waals surface area contributed by atoms with Gasteiger partial charge in [-0.05, 0) is 37.1 Å². The van der Waals surface area contributed by atoms with Crippen LogP contribution in [-0.4, -0.2) is 23.4 Å². The van der Waals surface area contributed by atoms with Gasteiger partial charge in [-0.1, -0.05) is 190 Å². The first-order chi connectivity index (χ1) is 25.5. The minimum Gasteiger partial charge on any atom is -0.358 e. The Kier molecular flexibility index (Phi) is 19.7. The number of benzene rings is 2. The lowest BCUT2D eigenvalue weighted by atomic mass is 10.0. The number of hydrogen-bond donors (Lipinski definition) is 2. The highest BCUT2D eigenvalue weighted by atomic mass is 32.1. The van der Waals surface area contributed by atoms with Gasteiger partial charge in [-0.2, -0.15) is 0 Å². The quantitative estimate of drug-likeness (QED) is 0.0429. The molecule has 2 heterocycles. The molecule has 2 N–H and O–H groups in total. The summed E-state index contributed by atoms with van der Waals surface area (Å²) >= 11 is 3.08. The van der Waals surface area contributed by atoms with Crippen molar-refractivity contribution in [3.8, 4) is 9.75 Å². The smallest absolute Gasteiger partial charge is 0.229 e. The fourth-order valence-corrected chi connectivity index (χ4v) is 9.08. The van der Waals surface area contributed by atoms with Crippen molar-refractivity contribution < 1.29 is 19.7 Å². The molecule has 0 amide bonds. The summed E-state index contributed by atoms with van der Waals surface area (Å²) in [6.45, 7) is 5.53. The molecule has 0 spiro atoms. The van der Waals surface area contributed by atoms with E-state index in [1.807, 2.05) is 72.8 Å². The predicted molar refractivity (Wildman–Crippen MR) is 222 cm³/mol. The molecular formula is C46H66O4S2. The highest BCUT2D eigenvalue weighted by molar-refractivity contribution is 7.22. The van der Waals surface area contributed by atoms with Crippen LogP contribution in [0, 0.1) is 0 Å². The number of unbranched alkanes of at least 4 members (excludes halogenated alkanes) is 18. The van der Waals surface area contributed by atoms with E-state index in [9.17, 15) is 10.2 Å². The zero-order chi connectivity index (χ0) is 36.7. The molecule has 2 aromatic carbocycles. The molecule has 2 atom stereocenters. The lowest BCUT2D eigenvalue weighted by molar-refractivity contribution is -0.179. The molecule has 286 valence electrons. The van der Waals surface area contributed by atoms with Crippen LogP contribution < -0.4 is 0 Å². The Balaban J connectivity index is 1.35. The van der Waals surface area contributed by atoms with Gasteiger partial charge in [-0.15, -0.1) is 22.7 Å². The monoisotopic (exact) mass is 746 g/mol. The van der Waals surface area contributed by atoms with Gasteiger partial charge in [0.1, 0.15) is 0 Å². The molecule has 2 aromatic heterocycles. The summed E-state index contributed by atoms with van der Waals surface area (Å²) in [7, 11) is 0. The summed E-state index contributed by atoms with van der Waals surface area (Å²) in [4.78, 5) is 3.55. The third-order valence-corrected chi connectivity index (χ3v) is 12.6. The van der Waals surface area contributed by atoms with Crippen LogP contribution in [0.15, 0.2) is 84.9 Å². The molecular weight excluding hydrogens is 681 g/mol. The zero-order valence-electron chi connectivity index (χ0n) is 32.2. The summed E-state index contributed by atoms with van der Waals surface area (Å²) in [5.41, 5.74) is 1.47. The molecule has 0 saturated carbocycles. The van der Waals surface area contributed by atoms with Crippen molar-refractivity contribution in [2.75, 3.05) is 13.2 Å². The van der Waals surface area contributed by atoms with Crippen LogP contribution in [0.4, 0.5) is 0 Å². The fraction of sp³-hybridized carbons (Fsp3) is 0.565. The van der Waals surface area contributed by atoms with Crippen molar-refractivity contribution >= 4 is 22.7 Å². The maximum atomic E-state index is 12.1. The maximum absolute atomic E-state index is 12.1. The zero-order valence-corrected chi connectivity index (χ0v) is 33.8. The van der Waals surface area contributed by atoms with Crippen molar-refractivity contribution in [3.63, 3.8) is 0 Å². The lowest BCUT2D eigenvalue weighted by Gasteiger charge is -2.28. The average molecular weight is 747 g/mol.